The van der Waals surface area contributed by atoms with Gasteiger partial charge in [-0.05, 0) is 98.7 Å². The molecule has 0 unspecified atom stereocenters. The highest BCUT2D eigenvalue weighted by molar-refractivity contribution is 5.85. The minimum absolute atomic E-state index is 0.175. The maximum absolute atomic E-state index is 12.8. The van der Waals surface area contributed by atoms with Gasteiger partial charge in [-0.1, -0.05) is 64.8 Å². The summed E-state index contributed by atoms with van der Waals surface area (Å²) in [5.41, 5.74) is 5.14. The molecule has 4 aliphatic carbocycles. The average Bonchev–Trinajstić information content (AvgIpc) is 3.10. The van der Waals surface area contributed by atoms with Crippen molar-refractivity contribution in [3.8, 4) is 0 Å². The quantitative estimate of drug-likeness (QED) is 0.284. The Hall–Kier alpha value is -1.38. The van der Waals surface area contributed by atoms with Gasteiger partial charge >= 0.3 is 5.97 Å². The van der Waals surface area contributed by atoms with Crippen molar-refractivity contribution < 1.29 is 14.3 Å². The summed E-state index contributed by atoms with van der Waals surface area (Å²) in [5, 5.41) is 0. The molecule has 3 nitrogen and oxygen atoms in total. The lowest BCUT2D eigenvalue weighted by Crippen LogP contribution is -2.53. The predicted molar refractivity (Wildman–Crippen MR) is 143 cm³/mol. The maximum Gasteiger partial charge on any atom is 0.312 e. The molecule has 2 fully saturated rings. The molecule has 0 spiro atoms. The summed E-state index contributed by atoms with van der Waals surface area (Å²) in [6.45, 7) is 20.7. The van der Waals surface area contributed by atoms with Crippen LogP contribution in [0.15, 0.2) is 23.3 Å². The number of hydrogen-bond acceptors (Lipinski definition) is 3. The van der Waals surface area contributed by atoms with Gasteiger partial charge in [-0.25, -0.2) is 0 Å². The first-order valence-corrected chi connectivity index (χ1v) is 14.3. The number of fused-ring (bicyclic) bond motifs is 4. The number of Topliss-reactive ketones (excluding diaryl/α,β-unsaturated/α-hetero) is 1. The summed E-state index contributed by atoms with van der Waals surface area (Å²) in [4.78, 5) is 24.8. The van der Waals surface area contributed by atoms with Gasteiger partial charge < -0.3 is 4.74 Å². The van der Waals surface area contributed by atoms with Gasteiger partial charge in [0.1, 0.15) is 5.78 Å². The van der Waals surface area contributed by atoms with Crippen LogP contribution >= 0.6 is 0 Å². The van der Waals surface area contributed by atoms with Crippen LogP contribution in [0.3, 0.4) is 0 Å². The van der Waals surface area contributed by atoms with E-state index in [1.54, 1.807) is 11.1 Å². The van der Waals surface area contributed by atoms with Crippen molar-refractivity contribution >= 4 is 11.8 Å². The summed E-state index contributed by atoms with van der Waals surface area (Å²) < 4.78 is 4.93. The number of ether oxygens (including phenoxy) is 1. The van der Waals surface area contributed by atoms with Crippen LogP contribution < -0.4 is 0 Å². The summed E-state index contributed by atoms with van der Waals surface area (Å²) in [6.07, 6.45) is 11.2. The molecule has 35 heavy (non-hydrogen) atoms. The molecule has 0 N–H and O–H groups in total. The molecule has 4 rings (SSSR count). The lowest BCUT2D eigenvalue weighted by molar-refractivity contribution is -0.143. The van der Waals surface area contributed by atoms with E-state index in [0.717, 1.165) is 31.3 Å². The van der Waals surface area contributed by atoms with Crippen molar-refractivity contribution in [2.24, 2.45) is 45.3 Å². The molecule has 0 aromatic heterocycles. The fourth-order valence-corrected chi connectivity index (χ4v) is 9.62. The highest BCUT2D eigenvalue weighted by Crippen LogP contribution is 2.72. The molecule has 0 aromatic rings. The zero-order valence-electron chi connectivity index (χ0n) is 23.8. The third kappa shape index (κ3) is 3.81. The molecule has 4 aliphatic rings. The second-order valence-electron chi connectivity index (χ2n) is 13.9. The third-order valence-electron chi connectivity index (χ3n) is 12.3. The van der Waals surface area contributed by atoms with Crippen LogP contribution in [0.5, 0.6) is 0 Å². The van der Waals surface area contributed by atoms with Gasteiger partial charge in [-0.15, -0.1) is 0 Å². The zero-order chi connectivity index (χ0) is 26.0. The predicted octanol–water partition coefficient (Wildman–Crippen LogP) is 8.09. The number of allylic oxidation sites excluding steroid dienone is 2. The van der Waals surface area contributed by atoms with E-state index < -0.39 is 0 Å². The molecule has 0 aromatic carbocycles. The summed E-state index contributed by atoms with van der Waals surface area (Å²) >= 11 is 0. The molecule has 0 radical (unpaired) electrons. The number of carbonyl (C=O) groups is 2. The number of ketones is 1. The Morgan fingerprint density at radius 1 is 1.00 bits per heavy atom. The van der Waals surface area contributed by atoms with Crippen molar-refractivity contribution in [1.29, 1.82) is 0 Å². The molecule has 0 bridgehead atoms. The minimum Gasteiger partial charge on any atom is -0.469 e. The van der Waals surface area contributed by atoms with Crippen molar-refractivity contribution in [2.75, 3.05) is 7.11 Å². The molecule has 0 saturated heterocycles. The molecule has 0 heterocycles. The number of rotatable bonds is 6. The lowest BCUT2D eigenvalue weighted by Gasteiger charge is -2.61. The number of carbonyl (C=O) groups excluding carboxylic acids is 2. The monoisotopic (exact) mass is 482 g/mol. The Morgan fingerprint density at radius 2 is 1.69 bits per heavy atom. The van der Waals surface area contributed by atoms with Crippen LogP contribution in [-0.4, -0.2) is 18.9 Å². The smallest absolute Gasteiger partial charge is 0.312 e. The molecule has 7 atom stereocenters. The fraction of sp³-hybridized carbons (Fsp3) is 0.812. The van der Waals surface area contributed by atoms with Gasteiger partial charge in [0.05, 0.1) is 13.0 Å². The van der Waals surface area contributed by atoms with Gasteiger partial charge in [-0.2, -0.15) is 0 Å². The highest BCUT2D eigenvalue weighted by atomic mass is 16.5. The molecule has 0 amide bonds. The molecular formula is C32H50O3. The molecule has 2 saturated carbocycles. The van der Waals surface area contributed by atoms with Crippen molar-refractivity contribution in [3.05, 3.63) is 23.3 Å². The van der Waals surface area contributed by atoms with Crippen molar-refractivity contribution in [1.82, 2.24) is 0 Å². The zero-order valence-corrected chi connectivity index (χ0v) is 23.8. The van der Waals surface area contributed by atoms with E-state index in [4.69, 9.17) is 4.74 Å². The van der Waals surface area contributed by atoms with Crippen LogP contribution in [0.2, 0.25) is 0 Å². The Bertz CT molecular complexity index is 940. The largest absolute Gasteiger partial charge is 0.469 e. The molecule has 0 aliphatic heterocycles. The van der Waals surface area contributed by atoms with E-state index in [9.17, 15) is 9.59 Å². The van der Waals surface area contributed by atoms with E-state index in [1.165, 1.54) is 45.6 Å². The Kier molecular flexibility index (Phi) is 6.76. The lowest BCUT2D eigenvalue weighted by atomic mass is 9.43. The molecular weight excluding hydrogens is 432 g/mol. The first-order chi connectivity index (χ1) is 16.2. The highest BCUT2D eigenvalue weighted by Gasteiger charge is 2.63. The van der Waals surface area contributed by atoms with E-state index in [1.807, 2.05) is 6.92 Å². The maximum atomic E-state index is 12.8. The van der Waals surface area contributed by atoms with Crippen LogP contribution in [0.25, 0.3) is 0 Å². The normalized spacial score (nSPS) is 39.8. The first kappa shape index (κ1) is 26.7. The van der Waals surface area contributed by atoms with Gasteiger partial charge in [0.25, 0.3) is 0 Å². The van der Waals surface area contributed by atoms with E-state index >= 15 is 0 Å². The van der Waals surface area contributed by atoms with Crippen LogP contribution in [0, 0.1) is 45.3 Å². The molecule has 196 valence electrons. The van der Waals surface area contributed by atoms with Gasteiger partial charge in [0.15, 0.2) is 0 Å². The first-order valence-electron chi connectivity index (χ1n) is 14.3. The van der Waals surface area contributed by atoms with E-state index in [2.05, 4.69) is 48.1 Å². The third-order valence-corrected chi connectivity index (χ3v) is 12.3. The summed E-state index contributed by atoms with van der Waals surface area (Å²) in [7, 11) is 1.46. The Morgan fingerprint density at radius 3 is 2.34 bits per heavy atom. The van der Waals surface area contributed by atoms with Gasteiger partial charge in [0, 0.05) is 11.8 Å². The Balaban J connectivity index is 1.56. The Labute approximate surface area is 214 Å². The SMILES string of the molecule is C=C(CC[C@@H](C)[C@H]1CC[C@@]2(C)C3=C(CC[C@]12C)[C@@]1(C)CCC(=O)C(C)(C)[C@@H]1CC3)[C@@H](C)C(=O)OC. The van der Waals surface area contributed by atoms with Gasteiger partial charge in [0.2, 0.25) is 0 Å². The molecule has 3 heteroatoms. The fourth-order valence-electron chi connectivity index (χ4n) is 9.62. The second kappa shape index (κ2) is 8.88. The minimum atomic E-state index is -0.221. The average molecular weight is 483 g/mol. The number of esters is 1. The standard InChI is InChI=1S/C32H50O3/c1-20(22(3)28(34)35-9)10-11-21(2)23-14-18-32(8)25-12-13-26-29(4,5)27(33)16-17-30(26,6)24(25)15-19-31(23,32)7/h21-23,26H,1,10-19H2,2-9H3/t21-,22-,23-,26+,30-,31-,32+/m1/s1. The summed E-state index contributed by atoms with van der Waals surface area (Å²) in [5.74, 6) is 1.89. The van der Waals surface area contributed by atoms with Crippen LogP contribution in [-0.2, 0) is 14.3 Å². The van der Waals surface area contributed by atoms with Gasteiger partial charge in [-0.3, -0.25) is 9.59 Å². The van der Waals surface area contributed by atoms with E-state index in [-0.39, 0.29) is 28.1 Å². The summed E-state index contributed by atoms with van der Waals surface area (Å²) in [6, 6.07) is 0. The van der Waals surface area contributed by atoms with Crippen LogP contribution in [0.1, 0.15) is 113 Å². The number of methoxy groups -OCH3 is 1. The van der Waals surface area contributed by atoms with Crippen molar-refractivity contribution in [2.45, 2.75) is 113 Å². The second-order valence-corrected chi connectivity index (χ2v) is 13.9. The van der Waals surface area contributed by atoms with Crippen molar-refractivity contribution in [3.63, 3.8) is 0 Å². The van der Waals surface area contributed by atoms with E-state index in [0.29, 0.717) is 29.0 Å². The number of hydrogen-bond donors (Lipinski definition) is 0. The topological polar surface area (TPSA) is 43.4 Å². The van der Waals surface area contributed by atoms with Crippen LogP contribution in [0.4, 0.5) is 0 Å².